The minimum absolute atomic E-state index is 0.654. The second-order valence-corrected chi connectivity index (χ2v) is 15.7. The molecule has 0 radical (unpaired) electrons. The van der Waals surface area contributed by atoms with Crippen LogP contribution in [-0.2, 0) is 0 Å². The number of nitrogens with zero attached hydrogens (tertiary/aromatic N) is 4. The zero-order valence-corrected chi connectivity index (χ0v) is 32.4. The van der Waals surface area contributed by atoms with Crippen LogP contribution in [0.1, 0.15) is 0 Å². The van der Waals surface area contributed by atoms with E-state index in [2.05, 4.69) is 215 Å². The molecular formula is C56H34N4. The molecule has 0 atom stereocenters. The van der Waals surface area contributed by atoms with Gasteiger partial charge in [0.15, 0.2) is 0 Å². The first-order valence-electron chi connectivity index (χ1n) is 20.5. The molecule has 0 spiro atoms. The van der Waals surface area contributed by atoms with Crippen molar-refractivity contribution in [3.8, 4) is 34.0 Å². The predicted molar refractivity (Wildman–Crippen MR) is 252 cm³/mol. The molecule has 3 aromatic heterocycles. The van der Waals surface area contributed by atoms with E-state index in [9.17, 15) is 0 Å². The number of para-hydroxylation sites is 3. The number of fused-ring (bicyclic) bond motifs is 16. The van der Waals surface area contributed by atoms with E-state index in [0.717, 1.165) is 44.3 Å². The summed E-state index contributed by atoms with van der Waals surface area (Å²) >= 11 is 0. The number of benzene rings is 10. The zero-order chi connectivity index (χ0) is 39.3. The molecule has 0 amide bonds. The van der Waals surface area contributed by atoms with Crippen LogP contribution in [0.4, 0.5) is 0 Å². The van der Waals surface area contributed by atoms with E-state index in [-0.39, 0.29) is 0 Å². The smallest absolute Gasteiger partial charge is 0.235 e. The summed E-state index contributed by atoms with van der Waals surface area (Å²) in [7, 11) is 0. The Balaban J connectivity index is 1.24. The lowest BCUT2D eigenvalue weighted by Crippen LogP contribution is -2.04. The molecule has 0 fully saturated rings. The fraction of sp³-hybridized carbons (Fsp3) is 0. The van der Waals surface area contributed by atoms with Gasteiger partial charge in [0.25, 0.3) is 0 Å². The third-order valence-corrected chi connectivity index (χ3v) is 12.5. The maximum atomic E-state index is 5.47. The highest BCUT2D eigenvalue weighted by Crippen LogP contribution is 2.50. The second-order valence-electron chi connectivity index (χ2n) is 15.7. The van der Waals surface area contributed by atoms with Gasteiger partial charge in [-0.25, -0.2) is 9.97 Å². The molecular weight excluding hydrogens is 729 g/mol. The van der Waals surface area contributed by atoms with Crippen molar-refractivity contribution < 1.29 is 0 Å². The minimum Gasteiger partial charge on any atom is -0.309 e. The van der Waals surface area contributed by atoms with E-state index >= 15 is 0 Å². The second kappa shape index (κ2) is 12.7. The predicted octanol–water partition coefficient (Wildman–Crippen LogP) is 14.6. The van der Waals surface area contributed by atoms with E-state index in [1.165, 1.54) is 70.6 Å². The summed E-state index contributed by atoms with van der Waals surface area (Å²) in [5.41, 5.74) is 11.0. The van der Waals surface area contributed by atoms with Crippen LogP contribution in [0.3, 0.4) is 0 Å². The Morgan fingerprint density at radius 2 is 0.750 bits per heavy atom. The summed E-state index contributed by atoms with van der Waals surface area (Å²) in [6.07, 6.45) is 0. The molecule has 0 saturated heterocycles. The number of hydrogen-bond donors (Lipinski definition) is 0. The topological polar surface area (TPSA) is 35.6 Å². The normalized spacial score (nSPS) is 12.0. The molecule has 0 saturated carbocycles. The SMILES string of the molecule is c1ccc(-c2ccc(-n3c4ccccc4c4c5ccccc5c5c6c7ccccc7n(-c7nc(-c8ccccc8)c8ccccc8n7)c6c6ccccc6c5c43)cc2)cc1. The summed E-state index contributed by atoms with van der Waals surface area (Å²) in [6.45, 7) is 0. The van der Waals surface area contributed by atoms with Crippen LogP contribution >= 0.6 is 0 Å². The van der Waals surface area contributed by atoms with Gasteiger partial charge in [-0.1, -0.05) is 176 Å². The number of aromatic nitrogens is 4. The fourth-order valence-corrected chi connectivity index (χ4v) is 9.99. The van der Waals surface area contributed by atoms with Crippen LogP contribution in [-0.4, -0.2) is 19.1 Å². The fourth-order valence-electron chi connectivity index (χ4n) is 9.99. The van der Waals surface area contributed by atoms with Gasteiger partial charge in [0.2, 0.25) is 5.95 Å². The monoisotopic (exact) mass is 762 g/mol. The third kappa shape index (κ3) is 4.61. The minimum atomic E-state index is 0.654. The lowest BCUT2D eigenvalue weighted by Gasteiger charge is -2.17. The Morgan fingerprint density at radius 3 is 1.43 bits per heavy atom. The Kier molecular flexibility index (Phi) is 6.98. The lowest BCUT2D eigenvalue weighted by atomic mass is 9.90. The summed E-state index contributed by atoms with van der Waals surface area (Å²) in [5, 5.41) is 13.2. The molecule has 60 heavy (non-hydrogen) atoms. The highest BCUT2D eigenvalue weighted by molar-refractivity contribution is 6.44. The molecule has 0 unspecified atom stereocenters. The molecule has 10 aromatic carbocycles. The highest BCUT2D eigenvalue weighted by atomic mass is 15.2. The summed E-state index contributed by atoms with van der Waals surface area (Å²) in [5.74, 6) is 0.654. The highest BCUT2D eigenvalue weighted by Gasteiger charge is 2.26. The van der Waals surface area contributed by atoms with Crippen LogP contribution < -0.4 is 0 Å². The Labute approximate surface area is 344 Å². The van der Waals surface area contributed by atoms with E-state index in [1.807, 2.05) is 0 Å². The third-order valence-electron chi connectivity index (χ3n) is 12.5. The quantitative estimate of drug-likeness (QED) is 0.167. The van der Waals surface area contributed by atoms with E-state index in [4.69, 9.17) is 9.97 Å². The van der Waals surface area contributed by atoms with E-state index < -0.39 is 0 Å². The van der Waals surface area contributed by atoms with Crippen molar-refractivity contribution in [3.63, 3.8) is 0 Å². The van der Waals surface area contributed by atoms with Crippen LogP contribution in [0.2, 0.25) is 0 Å². The van der Waals surface area contributed by atoms with E-state index in [1.54, 1.807) is 0 Å². The maximum absolute atomic E-state index is 5.47. The van der Waals surface area contributed by atoms with Crippen molar-refractivity contribution in [2.24, 2.45) is 0 Å². The van der Waals surface area contributed by atoms with Crippen LogP contribution in [0.5, 0.6) is 0 Å². The number of rotatable bonds is 4. The van der Waals surface area contributed by atoms with Crippen molar-refractivity contribution in [2.75, 3.05) is 0 Å². The average molecular weight is 763 g/mol. The zero-order valence-electron chi connectivity index (χ0n) is 32.4. The first-order chi connectivity index (χ1) is 29.8. The summed E-state index contributed by atoms with van der Waals surface area (Å²) in [6, 6.07) is 74.2. The van der Waals surface area contributed by atoms with Gasteiger partial charge in [-0.3, -0.25) is 4.57 Å². The van der Waals surface area contributed by atoms with Crippen molar-refractivity contribution in [1.82, 2.24) is 19.1 Å². The molecule has 13 rings (SSSR count). The molecule has 13 aromatic rings. The first-order valence-corrected chi connectivity index (χ1v) is 20.5. The standard InChI is InChI=1S/C56H34N4/c1-3-17-35(18-4-1)36-31-33-38(34-32-36)59-47-29-15-12-26-44(47)49-39-21-7-8-22-40(39)50-51(55(49)59)41-23-9-10-24-42(41)54-52(50)45-27-13-16-30-48(45)60(54)56-57-46-28-14-11-25-43(46)53(58-56)37-19-5-2-6-20-37/h1-34H. The molecule has 0 aliphatic heterocycles. The molecule has 278 valence electrons. The van der Waals surface area contributed by atoms with Gasteiger partial charge in [0.05, 0.1) is 33.3 Å². The Bertz CT molecular complexity index is 3860. The molecule has 0 N–H and O–H groups in total. The van der Waals surface area contributed by atoms with Crippen molar-refractivity contribution in [2.45, 2.75) is 0 Å². The molecule has 4 nitrogen and oxygen atoms in total. The molecule has 0 bridgehead atoms. The van der Waals surface area contributed by atoms with Gasteiger partial charge in [-0.15, -0.1) is 0 Å². The van der Waals surface area contributed by atoms with Crippen molar-refractivity contribution in [3.05, 3.63) is 206 Å². The molecule has 0 aliphatic carbocycles. The van der Waals surface area contributed by atoms with Crippen molar-refractivity contribution in [1.29, 1.82) is 0 Å². The van der Waals surface area contributed by atoms with Gasteiger partial charge in [-0.2, -0.15) is 0 Å². The maximum Gasteiger partial charge on any atom is 0.235 e. The van der Waals surface area contributed by atoms with Gasteiger partial charge in [0, 0.05) is 54.3 Å². The first kappa shape index (κ1) is 32.9. The van der Waals surface area contributed by atoms with E-state index in [0.29, 0.717) is 5.95 Å². The van der Waals surface area contributed by atoms with Gasteiger partial charge in [-0.05, 0) is 57.6 Å². The summed E-state index contributed by atoms with van der Waals surface area (Å²) < 4.78 is 4.83. The average Bonchev–Trinajstić information content (AvgIpc) is 3.86. The van der Waals surface area contributed by atoms with Gasteiger partial charge < -0.3 is 4.57 Å². The molecule has 4 heteroatoms. The summed E-state index contributed by atoms with van der Waals surface area (Å²) in [4.78, 5) is 10.8. The van der Waals surface area contributed by atoms with Gasteiger partial charge in [0.1, 0.15) is 0 Å². The largest absolute Gasteiger partial charge is 0.309 e. The van der Waals surface area contributed by atoms with Crippen LogP contribution in [0.15, 0.2) is 206 Å². The van der Waals surface area contributed by atoms with Gasteiger partial charge >= 0.3 is 0 Å². The lowest BCUT2D eigenvalue weighted by molar-refractivity contribution is 1.02. The van der Waals surface area contributed by atoms with Crippen LogP contribution in [0.25, 0.3) is 121 Å². The molecule has 0 aliphatic rings. The Morgan fingerprint density at radius 1 is 0.283 bits per heavy atom. The molecule has 3 heterocycles. The number of hydrogen-bond acceptors (Lipinski definition) is 2. The van der Waals surface area contributed by atoms with Crippen LogP contribution in [0, 0.1) is 0 Å². The Hall–Kier alpha value is -8.08. The van der Waals surface area contributed by atoms with Crippen molar-refractivity contribution >= 4 is 86.8 Å².